The van der Waals surface area contributed by atoms with Crippen LogP contribution in [0.2, 0.25) is 10.0 Å². The van der Waals surface area contributed by atoms with Gasteiger partial charge < -0.3 is 25.8 Å². The second-order valence-electron chi connectivity index (χ2n) is 6.05. The van der Waals surface area contributed by atoms with Gasteiger partial charge in [0.15, 0.2) is 0 Å². The summed E-state index contributed by atoms with van der Waals surface area (Å²) in [5, 5.41) is 17.5. The van der Waals surface area contributed by atoms with E-state index in [9.17, 15) is 14.4 Å². The van der Waals surface area contributed by atoms with Gasteiger partial charge in [-0.25, -0.2) is 9.78 Å². The molecule has 4 N–H and O–H groups in total. The van der Waals surface area contributed by atoms with Crippen LogP contribution in [0.25, 0.3) is 0 Å². The van der Waals surface area contributed by atoms with Crippen LogP contribution < -0.4 is 16.0 Å². The first-order valence-corrected chi connectivity index (χ1v) is 9.62. The summed E-state index contributed by atoms with van der Waals surface area (Å²) in [7, 11) is 0. The van der Waals surface area contributed by atoms with E-state index >= 15 is 0 Å². The van der Waals surface area contributed by atoms with Crippen molar-refractivity contribution >= 4 is 47.0 Å². The van der Waals surface area contributed by atoms with Gasteiger partial charge in [0.25, 0.3) is 0 Å². The predicted molar refractivity (Wildman–Crippen MR) is 112 cm³/mol. The number of carbonyl (C=O) groups excluding carboxylic acids is 2. The number of aromatic nitrogens is 1. The van der Waals surface area contributed by atoms with Gasteiger partial charge in [0.1, 0.15) is 19.0 Å². The minimum absolute atomic E-state index is 0.0622. The standard InChI is InChI=1S/C19H20Cl2N4O5/c20-13-7-12(8-14(21)9-13)15(10-18(27)28)25-17(26)11-24-19(29)30-6-5-23-16-3-1-2-4-22-16/h1-4,7-9,15H,5-6,10-11H2,(H,22,23)(H,24,29)(H,25,26)(H,27,28). The highest BCUT2D eigenvalue weighted by Gasteiger charge is 2.19. The molecule has 0 bridgehead atoms. The molecule has 1 unspecified atom stereocenters. The third-order valence-electron chi connectivity index (χ3n) is 3.70. The Balaban J connectivity index is 1.77. The number of aliphatic carboxylic acids is 1. The number of anilines is 1. The zero-order chi connectivity index (χ0) is 21.9. The average Bonchev–Trinajstić information content (AvgIpc) is 2.69. The molecule has 1 aromatic carbocycles. The van der Waals surface area contributed by atoms with Gasteiger partial charge in [-0.1, -0.05) is 29.3 Å². The number of hydrogen-bond donors (Lipinski definition) is 4. The van der Waals surface area contributed by atoms with Crippen molar-refractivity contribution in [3.8, 4) is 0 Å². The van der Waals surface area contributed by atoms with E-state index in [0.29, 0.717) is 28.0 Å². The van der Waals surface area contributed by atoms with Crippen LogP contribution >= 0.6 is 23.2 Å². The number of halogens is 2. The number of ether oxygens (including phenoxy) is 1. The molecule has 2 rings (SSSR count). The molecule has 0 aliphatic carbocycles. The first kappa shape index (κ1) is 23.2. The van der Waals surface area contributed by atoms with Crippen LogP contribution in [0.3, 0.4) is 0 Å². The van der Waals surface area contributed by atoms with Gasteiger partial charge in [-0.05, 0) is 35.9 Å². The number of alkyl carbamates (subject to hydrolysis) is 1. The fraction of sp³-hybridized carbons (Fsp3) is 0.263. The molecular weight excluding hydrogens is 435 g/mol. The van der Waals surface area contributed by atoms with E-state index in [2.05, 4.69) is 20.9 Å². The largest absolute Gasteiger partial charge is 0.481 e. The summed E-state index contributed by atoms with van der Waals surface area (Å²) < 4.78 is 4.95. The molecule has 9 nitrogen and oxygen atoms in total. The fourth-order valence-electron chi connectivity index (χ4n) is 2.44. The normalized spacial score (nSPS) is 11.3. The Morgan fingerprint density at radius 2 is 1.87 bits per heavy atom. The van der Waals surface area contributed by atoms with Gasteiger partial charge in [0.05, 0.1) is 19.0 Å². The van der Waals surface area contributed by atoms with Crippen LogP contribution in [0, 0.1) is 0 Å². The van der Waals surface area contributed by atoms with Crippen LogP contribution in [0.4, 0.5) is 10.6 Å². The Kier molecular flexibility index (Phi) is 9.17. The van der Waals surface area contributed by atoms with Crippen molar-refractivity contribution in [1.29, 1.82) is 0 Å². The lowest BCUT2D eigenvalue weighted by Crippen LogP contribution is -2.39. The Morgan fingerprint density at radius 1 is 1.13 bits per heavy atom. The molecule has 0 saturated heterocycles. The van der Waals surface area contributed by atoms with Crippen LogP contribution in [-0.4, -0.2) is 47.8 Å². The van der Waals surface area contributed by atoms with Crippen molar-refractivity contribution in [3.63, 3.8) is 0 Å². The number of carboxylic acid groups (broad SMARTS) is 1. The molecule has 30 heavy (non-hydrogen) atoms. The summed E-state index contributed by atoms with van der Waals surface area (Å²) in [4.78, 5) is 39.0. The number of benzene rings is 1. The lowest BCUT2D eigenvalue weighted by atomic mass is 10.0. The molecule has 11 heteroatoms. The van der Waals surface area contributed by atoms with Gasteiger partial charge in [-0.3, -0.25) is 9.59 Å². The van der Waals surface area contributed by atoms with Crippen LogP contribution in [0.15, 0.2) is 42.6 Å². The highest BCUT2D eigenvalue weighted by atomic mass is 35.5. The lowest BCUT2D eigenvalue weighted by Gasteiger charge is -2.18. The summed E-state index contributed by atoms with van der Waals surface area (Å²) in [5.74, 6) is -1.07. The maximum Gasteiger partial charge on any atom is 0.407 e. The molecule has 0 radical (unpaired) electrons. The molecule has 0 aliphatic rings. The van der Waals surface area contributed by atoms with Gasteiger partial charge in [0.2, 0.25) is 5.91 Å². The molecule has 160 valence electrons. The maximum atomic E-state index is 12.1. The Morgan fingerprint density at radius 3 is 2.50 bits per heavy atom. The fourth-order valence-corrected chi connectivity index (χ4v) is 2.99. The molecule has 2 amide bonds. The number of pyridine rings is 1. The number of hydrogen-bond acceptors (Lipinski definition) is 6. The zero-order valence-electron chi connectivity index (χ0n) is 15.7. The van der Waals surface area contributed by atoms with E-state index in [4.69, 9.17) is 33.0 Å². The van der Waals surface area contributed by atoms with E-state index in [1.54, 1.807) is 18.3 Å². The minimum atomic E-state index is -1.12. The molecule has 0 spiro atoms. The summed E-state index contributed by atoms with van der Waals surface area (Å²) >= 11 is 11.9. The SMILES string of the molecule is O=C(O)CC(NC(=O)CNC(=O)OCCNc1ccccn1)c1cc(Cl)cc(Cl)c1. The van der Waals surface area contributed by atoms with Gasteiger partial charge in [-0.15, -0.1) is 0 Å². The Labute approximate surface area is 182 Å². The molecule has 0 aliphatic heterocycles. The van der Waals surface area contributed by atoms with E-state index in [1.165, 1.54) is 18.2 Å². The van der Waals surface area contributed by atoms with E-state index in [0.717, 1.165) is 0 Å². The second kappa shape index (κ2) is 11.8. The molecule has 0 saturated carbocycles. The van der Waals surface area contributed by atoms with E-state index < -0.39 is 30.6 Å². The van der Waals surface area contributed by atoms with E-state index in [1.807, 2.05) is 6.07 Å². The predicted octanol–water partition coefficient (Wildman–Crippen LogP) is 2.86. The molecular formula is C19H20Cl2N4O5. The number of carbonyl (C=O) groups is 3. The average molecular weight is 455 g/mol. The Bertz CT molecular complexity index is 862. The number of nitrogens with one attached hydrogen (secondary N) is 3. The first-order valence-electron chi connectivity index (χ1n) is 8.86. The smallest absolute Gasteiger partial charge is 0.407 e. The number of nitrogens with zero attached hydrogens (tertiary/aromatic N) is 1. The van der Waals surface area contributed by atoms with Gasteiger partial charge in [0, 0.05) is 16.2 Å². The Hall–Kier alpha value is -3.04. The highest BCUT2D eigenvalue weighted by Crippen LogP contribution is 2.25. The van der Waals surface area contributed by atoms with Crippen molar-refractivity contribution in [3.05, 3.63) is 58.2 Å². The summed E-state index contributed by atoms with van der Waals surface area (Å²) in [6.45, 7) is 0.0104. The van der Waals surface area contributed by atoms with Crippen LogP contribution in [0.5, 0.6) is 0 Å². The molecule has 1 heterocycles. The van der Waals surface area contributed by atoms with Crippen molar-refractivity contribution < 1.29 is 24.2 Å². The zero-order valence-corrected chi connectivity index (χ0v) is 17.2. The van der Waals surface area contributed by atoms with Crippen LogP contribution in [0.1, 0.15) is 18.0 Å². The number of rotatable bonds is 10. The minimum Gasteiger partial charge on any atom is -0.481 e. The first-order chi connectivity index (χ1) is 14.3. The van der Waals surface area contributed by atoms with E-state index in [-0.39, 0.29) is 13.0 Å². The van der Waals surface area contributed by atoms with Crippen LogP contribution in [-0.2, 0) is 14.3 Å². The van der Waals surface area contributed by atoms with Crippen molar-refractivity contribution in [2.45, 2.75) is 12.5 Å². The summed E-state index contributed by atoms with van der Waals surface area (Å²) in [6, 6.07) is 9.01. The lowest BCUT2D eigenvalue weighted by molar-refractivity contribution is -0.137. The number of amides is 2. The second-order valence-corrected chi connectivity index (χ2v) is 6.92. The molecule has 1 aromatic heterocycles. The molecule has 1 atom stereocenters. The number of carboxylic acids is 1. The monoisotopic (exact) mass is 454 g/mol. The van der Waals surface area contributed by atoms with Gasteiger partial charge >= 0.3 is 12.1 Å². The van der Waals surface area contributed by atoms with Crippen molar-refractivity contribution in [2.24, 2.45) is 0 Å². The highest BCUT2D eigenvalue weighted by molar-refractivity contribution is 6.34. The summed E-state index contributed by atoms with van der Waals surface area (Å²) in [5.41, 5.74) is 0.437. The third kappa shape index (κ3) is 8.54. The maximum absolute atomic E-state index is 12.1. The quantitative estimate of drug-likeness (QED) is 0.406. The van der Waals surface area contributed by atoms with Crippen molar-refractivity contribution in [1.82, 2.24) is 15.6 Å². The topological polar surface area (TPSA) is 130 Å². The molecule has 0 fully saturated rings. The molecule has 2 aromatic rings. The summed E-state index contributed by atoms with van der Waals surface area (Å²) in [6.07, 6.45) is 0.462. The van der Waals surface area contributed by atoms with Crippen molar-refractivity contribution in [2.75, 3.05) is 25.0 Å². The van der Waals surface area contributed by atoms with Gasteiger partial charge in [-0.2, -0.15) is 0 Å². The third-order valence-corrected chi connectivity index (χ3v) is 4.14.